The third-order valence-corrected chi connectivity index (χ3v) is 3.76. The predicted octanol–water partition coefficient (Wildman–Crippen LogP) is 4.28. The van der Waals surface area contributed by atoms with Gasteiger partial charge in [0.25, 0.3) is 5.91 Å². The number of hydrogen-bond donors (Lipinski definition) is 1. The maximum Gasteiger partial charge on any atom is 0.338 e. The molecule has 0 atom stereocenters. The van der Waals surface area contributed by atoms with E-state index in [2.05, 4.69) is 5.32 Å². The summed E-state index contributed by atoms with van der Waals surface area (Å²) in [5, 5.41) is 2.65. The molecule has 0 radical (unpaired) electrons. The number of methoxy groups -OCH3 is 1. The van der Waals surface area contributed by atoms with E-state index in [9.17, 15) is 9.59 Å². The molecular formula is C22H19NO5. The van der Waals surface area contributed by atoms with Crippen LogP contribution < -0.4 is 14.8 Å². The summed E-state index contributed by atoms with van der Waals surface area (Å²) in [5.41, 5.74) is 0.794. The molecule has 3 aromatic carbocycles. The van der Waals surface area contributed by atoms with E-state index < -0.39 is 18.5 Å². The zero-order valence-electron chi connectivity index (χ0n) is 15.3. The Balaban J connectivity index is 1.57. The van der Waals surface area contributed by atoms with Crippen LogP contribution in [-0.4, -0.2) is 25.6 Å². The minimum absolute atomic E-state index is 0.290. The molecule has 28 heavy (non-hydrogen) atoms. The topological polar surface area (TPSA) is 73.9 Å². The highest BCUT2D eigenvalue weighted by molar-refractivity contribution is 5.96. The fourth-order valence-corrected chi connectivity index (χ4v) is 2.46. The predicted molar refractivity (Wildman–Crippen MR) is 105 cm³/mol. The molecule has 0 spiro atoms. The van der Waals surface area contributed by atoms with E-state index in [1.165, 1.54) is 7.11 Å². The van der Waals surface area contributed by atoms with E-state index in [-0.39, 0.29) is 0 Å². The highest BCUT2D eigenvalue weighted by Crippen LogP contribution is 2.23. The molecule has 1 amide bonds. The highest BCUT2D eigenvalue weighted by Gasteiger charge is 2.13. The summed E-state index contributed by atoms with van der Waals surface area (Å²) < 4.78 is 16.0. The molecule has 3 aromatic rings. The molecule has 0 fully saturated rings. The molecule has 142 valence electrons. The first-order valence-corrected chi connectivity index (χ1v) is 8.58. The van der Waals surface area contributed by atoms with Crippen molar-refractivity contribution in [2.45, 2.75) is 0 Å². The van der Waals surface area contributed by atoms with Crippen molar-refractivity contribution in [3.8, 4) is 17.2 Å². The van der Waals surface area contributed by atoms with Gasteiger partial charge in [-0.05, 0) is 42.5 Å². The number of esters is 1. The van der Waals surface area contributed by atoms with E-state index >= 15 is 0 Å². The van der Waals surface area contributed by atoms with Crippen LogP contribution in [0.4, 0.5) is 5.69 Å². The quantitative estimate of drug-likeness (QED) is 0.622. The van der Waals surface area contributed by atoms with Crippen LogP contribution >= 0.6 is 0 Å². The Morgan fingerprint density at radius 1 is 0.857 bits per heavy atom. The molecule has 0 aromatic heterocycles. The summed E-state index contributed by atoms with van der Waals surface area (Å²) in [7, 11) is 1.51. The van der Waals surface area contributed by atoms with Gasteiger partial charge in [0.15, 0.2) is 6.61 Å². The average Bonchev–Trinajstić information content (AvgIpc) is 2.73. The Morgan fingerprint density at radius 3 is 2.36 bits per heavy atom. The number of para-hydroxylation sites is 3. The lowest BCUT2D eigenvalue weighted by Gasteiger charge is -2.10. The lowest BCUT2D eigenvalue weighted by Crippen LogP contribution is -2.21. The van der Waals surface area contributed by atoms with Gasteiger partial charge in [-0.15, -0.1) is 0 Å². The van der Waals surface area contributed by atoms with Crippen molar-refractivity contribution in [2.75, 3.05) is 19.0 Å². The summed E-state index contributed by atoms with van der Waals surface area (Å²) in [6.45, 7) is -0.416. The maximum absolute atomic E-state index is 12.2. The van der Waals surface area contributed by atoms with Gasteiger partial charge in [0.2, 0.25) is 0 Å². The third-order valence-electron chi connectivity index (χ3n) is 3.76. The van der Waals surface area contributed by atoms with Gasteiger partial charge >= 0.3 is 5.97 Å². The monoisotopic (exact) mass is 377 g/mol. The zero-order chi connectivity index (χ0) is 19.8. The second-order valence-electron chi connectivity index (χ2n) is 5.77. The van der Waals surface area contributed by atoms with E-state index in [0.29, 0.717) is 28.5 Å². The molecule has 0 saturated carbocycles. The Kier molecular flexibility index (Phi) is 6.25. The van der Waals surface area contributed by atoms with E-state index in [4.69, 9.17) is 14.2 Å². The fourth-order valence-electron chi connectivity index (χ4n) is 2.46. The first-order valence-electron chi connectivity index (χ1n) is 8.58. The number of nitrogens with one attached hydrogen (secondary N) is 1. The number of anilines is 1. The maximum atomic E-state index is 12.2. The molecule has 0 saturated heterocycles. The van der Waals surface area contributed by atoms with Gasteiger partial charge in [0.1, 0.15) is 17.2 Å². The van der Waals surface area contributed by atoms with Crippen molar-refractivity contribution >= 4 is 17.6 Å². The molecule has 0 heterocycles. The number of amides is 1. The molecule has 1 N–H and O–H groups in total. The molecule has 0 aliphatic carbocycles. The SMILES string of the molecule is COc1ccccc1NC(=O)COC(=O)c1cccc(Oc2ccccc2)c1. The highest BCUT2D eigenvalue weighted by atomic mass is 16.5. The van der Waals surface area contributed by atoms with Crippen molar-refractivity contribution in [1.29, 1.82) is 0 Å². The van der Waals surface area contributed by atoms with Crippen LogP contribution in [0.15, 0.2) is 78.9 Å². The Hall–Kier alpha value is -3.80. The van der Waals surface area contributed by atoms with Gasteiger partial charge in [0.05, 0.1) is 18.4 Å². The minimum Gasteiger partial charge on any atom is -0.495 e. The molecule has 0 bridgehead atoms. The lowest BCUT2D eigenvalue weighted by atomic mass is 10.2. The summed E-state index contributed by atoms with van der Waals surface area (Å²) >= 11 is 0. The molecule has 6 nitrogen and oxygen atoms in total. The van der Waals surface area contributed by atoms with Crippen molar-refractivity contribution < 1.29 is 23.8 Å². The number of carbonyl (C=O) groups is 2. The van der Waals surface area contributed by atoms with Crippen LogP contribution in [-0.2, 0) is 9.53 Å². The molecule has 6 heteroatoms. The normalized spacial score (nSPS) is 10.0. The molecule has 3 rings (SSSR count). The van der Waals surface area contributed by atoms with Gasteiger partial charge in [-0.3, -0.25) is 4.79 Å². The summed E-state index contributed by atoms with van der Waals surface area (Å²) in [6, 6.07) is 22.8. The second-order valence-corrected chi connectivity index (χ2v) is 5.77. The van der Waals surface area contributed by atoms with Gasteiger partial charge in [-0.25, -0.2) is 4.79 Å². The lowest BCUT2D eigenvalue weighted by molar-refractivity contribution is -0.119. The largest absolute Gasteiger partial charge is 0.495 e. The van der Waals surface area contributed by atoms with Crippen LogP contribution in [0, 0.1) is 0 Å². The fraction of sp³-hybridized carbons (Fsp3) is 0.0909. The van der Waals surface area contributed by atoms with Crippen molar-refractivity contribution in [3.63, 3.8) is 0 Å². The zero-order valence-corrected chi connectivity index (χ0v) is 15.3. The third kappa shape index (κ3) is 5.11. The summed E-state index contributed by atoms with van der Waals surface area (Å²) in [6.07, 6.45) is 0. The van der Waals surface area contributed by atoms with Crippen molar-refractivity contribution in [1.82, 2.24) is 0 Å². The number of hydrogen-bond acceptors (Lipinski definition) is 5. The Bertz CT molecular complexity index is 956. The van der Waals surface area contributed by atoms with Crippen molar-refractivity contribution in [3.05, 3.63) is 84.4 Å². The Labute approximate surface area is 162 Å². The summed E-state index contributed by atoms with van der Waals surface area (Å²) in [5.74, 6) is 0.597. The smallest absolute Gasteiger partial charge is 0.338 e. The van der Waals surface area contributed by atoms with Gasteiger partial charge in [-0.1, -0.05) is 36.4 Å². The van der Waals surface area contributed by atoms with Crippen LogP contribution in [0.2, 0.25) is 0 Å². The number of rotatable bonds is 7. The number of carbonyl (C=O) groups excluding carboxylic acids is 2. The Morgan fingerprint density at radius 2 is 1.57 bits per heavy atom. The van der Waals surface area contributed by atoms with Gasteiger partial charge in [0, 0.05) is 0 Å². The minimum atomic E-state index is -0.617. The van der Waals surface area contributed by atoms with Crippen LogP contribution in [0.5, 0.6) is 17.2 Å². The van der Waals surface area contributed by atoms with Crippen LogP contribution in [0.1, 0.15) is 10.4 Å². The first kappa shape index (κ1) is 19.0. The van der Waals surface area contributed by atoms with Crippen LogP contribution in [0.25, 0.3) is 0 Å². The summed E-state index contributed by atoms with van der Waals surface area (Å²) in [4.78, 5) is 24.3. The van der Waals surface area contributed by atoms with E-state index in [1.807, 2.05) is 30.3 Å². The van der Waals surface area contributed by atoms with Crippen molar-refractivity contribution in [2.24, 2.45) is 0 Å². The number of benzene rings is 3. The number of ether oxygens (including phenoxy) is 3. The second kappa shape index (κ2) is 9.23. The van der Waals surface area contributed by atoms with E-state index in [0.717, 1.165) is 0 Å². The van der Waals surface area contributed by atoms with Gasteiger partial charge in [-0.2, -0.15) is 0 Å². The molecule has 0 aliphatic rings. The van der Waals surface area contributed by atoms with Gasteiger partial charge < -0.3 is 19.5 Å². The van der Waals surface area contributed by atoms with Crippen LogP contribution in [0.3, 0.4) is 0 Å². The molecule has 0 unspecified atom stereocenters. The standard InChI is InChI=1S/C22H19NO5/c1-26-20-13-6-5-12-19(20)23-21(24)15-27-22(25)16-8-7-11-18(14-16)28-17-9-3-2-4-10-17/h2-14H,15H2,1H3,(H,23,24). The van der Waals surface area contributed by atoms with E-state index in [1.54, 1.807) is 48.5 Å². The first-order chi connectivity index (χ1) is 13.7. The molecular weight excluding hydrogens is 358 g/mol. The molecule has 0 aliphatic heterocycles. The average molecular weight is 377 g/mol.